The van der Waals surface area contributed by atoms with Gasteiger partial charge < -0.3 is 10.7 Å². The van der Waals surface area contributed by atoms with Crippen molar-refractivity contribution in [1.29, 1.82) is 0 Å². The molecule has 0 aliphatic carbocycles. The summed E-state index contributed by atoms with van der Waals surface area (Å²) in [6, 6.07) is 9.48. The number of hydrogen-bond acceptors (Lipinski definition) is 1. The second-order valence-electron chi connectivity index (χ2n) is 5.63. The van der Waals surface area contributed by atoms with Crippen LogP contribution in [0, 0.1) is 0 Å². The molecule has 24 heavy (non-hydrogen) atoms. The molecule has 1 heterocycles. The highest BCUT2D eigenvalue weighted by Gasteiger charge is 2.19. The Morgan fingerprint density at radius 1 is 1.00 bits per heavy atom. The van der Waals surface area contributed by atoms with Gasteiger partial charge in [-0.25, -0.2) is 0 Å². The molecule has 0 atom stereocenters. The molecule has 2 nitrogen and oxygen atoms in total. The average molecular weight is 447 g/mol. The van der Waals surface area contributed by atoms with E-state index in [1.54, 1.807) is 0 Å². The molecule has 126 valence electrons. The number of benzene rings is 2. The second kappa shape index (κ2) is 7.67. The van der Waals surface area contributed by atoms with E-state index in [1.165, 1.54) is 0 Å². The van der Waals surface area contributed by atoms with Crippen LogP contribution in [0.15, 0.2) is 34.8 Å². The van der Waals surface area contributed by atoms with Gasteiger partial charge in [-0.15, -0.1) is 0 Å². The summed E-state index contributed by atoms with van der Waals surface area (Å²) in [6.07, 6.45) is 2.83. The number of nitrogens with one attached hydrogen (secondary N) is 1. The maximum Gasteiger partial charge on any atom is 0.0658 e. The van der Waals surface area contributed by atoms with Crippen molar-refractivity contribution in [2.75, 3.05) is 6.54 Å². The first-order valence-electron chi connectivity index (χ1n) is 7.67. The normalized spacial score (nSPS) is 11.4. The summed E-state index contributed by atoms with van der Waals surface area (Å²) in [5, 5.41) is 2.97. The summed E-state index contributed by atoms with van der Waals surface area (Å²) in [5.74, 6) is 0. The van der Waals surface area contributed by atoms with Crippen molar-refractivity contribution in [1.82, 2.24) is 4.98 Å². The highest BCUT2D eigenvalue weighted by atomic mass is 79.9. The maximum atomic E-state index is 6.43. The van der Waals surface area contributed by atoms with E-state index in [9.17, 15) is 0 Å². The van der Waals surface area contributed by atoms with E-state index < -0.39 is 0 Å². The molecule has 0 saturated carbocycles. The molecule has 0 radical (unpaired) electrons. The van der Waals surface area contributed by atoms with Crippen LogP contribution < -0.4 is 5.73 Å². The lowest BCUT2D eigenvalue weighted by atomic mass is 10.00. The maximum absolute atomic E-state index is 6.43. The zero-order valence-electron chi connectivity index (χ0n) is 12.8. The molecule has 0 bridgehead atoms. The Labute approximate surface area is 164 Å². The first-order valence-corrected chi connectivity index (χ1v) is 9.59. The van der Waals surface area contributed by atoms with Crippen molar-refractivity contribution in [2.24, 2.45) is 5.73 Å². The summed E-state index contributed by atoms with van der Waals surface area (Å²) in [6.45, 7) is 0.676. The van der Waals surface area contributed by atoms with Crippen LogP contribution in [-0.4, -0.2) is 11.5 Å². The quantitative estimate of drug-likeness (QED) is 0.414. The fraction of sp³-hybridized carbons (Fsp3) is 0.222. The van der Waals surface area contributed by atoms with Gasteiger partial charge in [-0.2, -0.15) is 0 Å². The van der Waals surface area contributed by atoms with Gasteiger partial charge in [0.1, 0.15) is 0 Å². The number of aromatic amines is 1. The molecule has 0 aliphatic heterocycles. The molecule has 3 N–H and O–H groups in total. The van der Waals surface area contributed by atoms with Crippen molar-refractivity contribution in [3.63, 3.8) is 0 Å². The highest BCUT2D eigenvalue weighted by Crippen LogP contribution is 2.41. The van der Waals surface area contributed by atoms with Crippen molar-refractivity contribution in [3.05, 3.63) is 55.4 Å². The first-order chi connectivity index (χ1) is 11.5. The van der Waals surface area contributed by atoms with E-state index in [2.05, 4.69) is 27.0 Å². The fourth-order valence-corrected chi connectivity index (χ4v) is 4.37. The van der Waals surface area contributed by atoms with Gasteiger partial charge in [0.05, 0.1) is 26.3 Å². The largest absolute Gasteiger partial charge is 0.353 e. The second-order valence-corrected chi connectivity index (χ2v) is 7.77. The standard InChI is InChI=1S/C18H16BrCl3N2/c19-10-8-12-11(4-1-2-7-23)18(24-17(12)15(22)9-10)16-13(20)5-3-6-14(16)21/h3,5-6,8-9,24H,1-2,4,7,23H2. The lowest BCUT2D eigenvalue weighted by Gasteiger charge is -2.09. The minimum Gasteiger partial charge on any atom is -0.353 e. The molecule has 0 spiro atoms. The molecule has 1 aromatic heterocycles. The van der Waals surface area contributed by atoms with E-state index in [-0.39, 0.29) is 0 Å². The van der Waals surface area contributed by atoms with Gasteiger partial charge in [0.25, 0.3) is 0 Å². The van der Waals surface area contributed by atoms with E-state index in [1.807, 2.05) is 24.3 Å². The number of nitrogens with two attached hydrogens (primary N) is 1. The van der Waals surface area contributed by atoms with E-state index >= 15 is 0 Å². The number of aromatic nitrogens is 1. The van der Waals surface area contributed by atoms with Gasteiger partial charge >= 0.3 is 0 Å². The zero-order chi connectivity index (χ0) is 17.3. The van der Waals surface area contributed by atoms with Crippen LogP contribution in [0.2, 0.25) is 15.1 Å². The van der Waals surface area contributed by atoms with Crippen LogP contribution >= 0.6 is 50.7 Å². The predicted molar refractivity (Wildman–Crippen MR) is 108 cm³/mol. The SMILES string of the molecule is NCCCCc1c(-c2c(Cl)cccc2Cl)[nH]c2c(Cl)cc(Br)cc12. The summed E-state index contributed by atoms with van der Waals surface area (Å²) in [4.78, 5) is 3.43. The van der Waals surface area contributed by atoms with Crippen LogP contribution in [0.3, 0.4) is 0 Å². The summed E-state index contributed by atoms with van der Waals surface area (Å²) in [5.41, 5.74) is 9.45. The van der Waals surface area contributed by atoms with Crippen LogP contribution in [0.25, 0.3) is 22.2 Å². The monoisotopic (exact) mass is 444 g/mol. The summed E-state index contributed by atoms with van der Waals surface area (Å²) in [7, 11) is 0. The van der Waals surface area contributed by atoms with Gasteiger partial charge in [-0.05, 0) is 55.6 Å². The third-order valence-electron chi connectivity index (χ3n) is 4.03. The molecule has 0 saturated heterocycles. The van der Waals surface area contributed by atoms with Gasteiger partial charge in [0, 0.05) is 15.4 Å². The smallest absolute Gasteiger partial charge is 0.0658 e. The molecule has 2 aromatic carbocycles. The Hall–Kier alpha value is -0.710. The Balaban J connectivity index is 2.26. The number of aryl methyl sites for hydroxylation is 1. The van der Waals surface area contributed by atoms with E-state index in [4.69, 9.17) is 40.5 Å². The number of unbranched alkanes of at least 4 members (excludes halogenated alkanes) is 1. The van der Waals surface area contributed by atoms with Crippen molar-refractivity contribution >= 4 is 61.6 Å². The number of rotatable bonds is 5. The lowest BCUT2D eigenvalue weighted by Crippen LogP contribution is -1.99. The molecule has 0 unspecified atom stereocenters. The number of fused-ring (bicyclic) bond motifs is 1. The van der Waals surface area contributed by atoms with Crippen LogP contribution in [0.4, 0.5) is 0 Å². The molecule has 3 rings (SSSR count). The molecule has 0 fully saturated rings. The van der Waals surface area contributed by atoms with E-state index in [0.29, 0.717) is 21.6 Å². The fourth-order valence-electron chi connectivity index (χ4n) is 2.93. The van der Waals surface area contributed by atoms with Crippen molar-refractivity contribution < 1.29 is 0 Å². The number of H-pyrrole nitrogens is 1. The topological polar surface area (TPSA) is 41.8 Å². The Kier molecular flexibility index (Phi) is 5.78. The van der Waals surface area contributed by atoms with E-state index in [0.717, 1.165) is 51.5 Å². The highest BCUT2D eigenvalue weighted by molar-refractivity contribution is 9.10. The van der Waals surface area contributed by atoms with Crippen molar-refractivity contribution in [3.8, 4) is 11.3 Å². The Morgan fingerprint density at radius 2 is 1.71 bits per heavy atom. The number of hydrogen-bond donors (Lipinski definition) is 2. The first kappa shape index (κ1) is 18.1. The molecule has 3 aromatic rings. The van der Waals surface area contributed by atoms with Gasteiger partial charge in [-0.1, -0.05) is 56.8 Å². The molecule has 0 aliphatic rings. The van der Waals surface area contributed by atoms with Crippen molar-refractivity contribution in [2.45, 2.75) is 19.3 Å². The average Bonchev–Trinajstić information content (AvgIpc) is 2.86. The van der Waals surface area contributed by atoms with Crippen LogP contribution in [-0.2, 0) is 6.42 Å². The van der Waals surface area contributed by atoms with Crippen LogP contribution in [0.1, 0.15) is 18.4 Å². The van der Waals surface area contributed by atoms with Crippen LogP contribution in [0.5, 0.6) is 0 Å². The third kappa shape index (κ3) is 3.47. The zero-order valence-corrected chi connectivity index (χ0v) is 16.7. The molecule has 6 heteroatoms. The molecule has 0 amide bonds. The molecular formula is C18H16BrCl3N2. The summed E-state index contributed by atoms with van der Waals surface area (Å²) >= 11 is 22.8. The Bertz CT molecular complexity index is 869. The summed E-state index contributed by atoms with van der Waals surface area (Å²) < 4.78 is 0.941. The lowest BCUT2D eigenvalue weighted by molar-refractivity contribution is 0.748. The molecular weight excluding hydrogens is 430 g/mol. The Morgan fingerprint density at radius 3 is 2.38 bits per heavy atom. The third-order valence-corrected chi connectivity index (χ3v) is 5.41. The van der Waals surface area contributed by atoms with Gasteiger partial charge in [0.15, 0.2) is 0 Å². The minimum atomic E-state index is 0.615. The van der Waals surface area contributed by atoms with Gasteiger partial charge in [0.2, 0.25) is 0 Å². The number of halogens is 4. The predicted octanol–water partition coefficient (Wildman–Crippen LogP) is 6.84. The minimum absolute atomic E-state index is 0.615. The van der Waals surface area contributed by atoms with Gasteiger partial charge in [-0.3, -0.25) is 0 Å².